The first-order valence-corrected chi connectivity index (χ1v) is 8.54. The molecule has 0 atom stereocenters. The van der Waals surface area contributed by atoms with Crippen LogP contribution in [0.4, 0.5) is 16.2 Å². The third-order valence-corrected chi connectivity index (χ3v) is 4.41. The summed E-state index contributed by atoms with van der Waals surface area (Å²) >= 11 is 0. The first-order chi connectivity index (χ1) is 13.7. The number of anilines is 1. The smallest absolute Gasteiger partial charge is 0.335 e. The molecule has 1 N–H and O–H groups in total. The van der Waals surface area contributed by atoms with Crippen molar-refractivity contribution in [1.29, 1.82) is 0 Å². The highest BCUT2D eigenvalue weighted by atomic mass is 16.6. The van der Waals surface area contributed by atoms with Crippen LogP contribution in [-0.2, 0) is 9.59 Å². The number of barbiturate groups is 1. The maximum atomic E-state index is 12.9. The molecular formula is C20H17N3O6. The van der Waals surface area contributed by atoms with Crippen molar-refractivity contribution in [1.82, 2.24) is 5.32 Å². The number of ether oxygens (including phenoxy) is 1. The molecule has 3 rings (SSSR count). The zero-order chi connectivity index (χ0) is 21.3. The standard InChI is InChI=1S/C20H17N3O6/c1-11-4-6-15(12(2)8-11)22-19(25)14(18(24)21-20(22)26)9-13-5-7-17(29-3)16(10-13)23(27)28/h4-10H,1-3H3,(H,21,24,26). The second-order valence-electron chi connectivity index (χ2n) is 6.44. The molecule has 0 unspecified atom stereocenters. The van der Waals surface area contributed by atoms with Crippen LogP contribution in [0.15, 0.2) is 42.0 Å². The van der Waals surface area contributed by atoms with Crippen LogP contribution < -0.4 is 15.0 Å². The van der Waals surface area contributed by atoms with E-state index in [2.05, 4.69) is 5.32 Å². The Balaban J connectivity index is 2.06. The molecule has 0 radical (unpaired) electrons. The number of carbonyl (C=O) groups excluding carboxylic acids is 3. The molecule has 9 heteroatoms. The predicted molar refractivity (Wildman–Crippen MR) is 105 cm³/mol. The average Bonchev–Trinajstić information content (AvgIpc) is 2.66. The molecule has 0 saturated carbocycles. The van der Waals surface area contributed by atoms with Gasteiger partial charge in [0, 0.05) is 6.07 Å². The minimum absolute atomic E-state index is 0.0451. The van der Waals surface area contributed by atoms with E-state index in [1.165, 1.54) is 31.4 Å². The van der Waals surface area contributed by atoms with Gasteiger partial charge in [-0.25, -0.2) is 9.69 Å². The Morgan fingerprint density at radius 2 is 1.83 bits per heavy atom. The Bertz CT molecular complexity index is 1090. The highest BCUT2D eigenvalue weighted by Gasteiger charge is 2.37. The molecule has 0 aromatic heterocycles. The van der Waals surface area contributed by atoms with Crippen molar-refractivity contribution < 1.29 is 24.0 Å². The first-order valence-electron chi connectivity index (χ1n) is 8.54. The SMILES string of the molecule is COc1ccc(C=C2C(=O)NC(=O)N(c3ccc(C)cc3C)C2=O)cc1[N+](=O)[O-]. The highest BCUT2D eigenvalue weighted by Crippen LogP contribution is 2.30. The molecule has 148 valence electrons. The number of amides is 4. The van der Waals surface area contributed by atoms with Crippen LogP contribution in [0.3, 0.4) is 0 Å². The van der Waals surface area contributed by atoms with Crippen molar-refractivity contribution in [2.24, 2.45) is 0 Å². The van der Waals surface area contributed by atoms with Gasteiger partial charge < -0.3 is 4.74 Å². The molecule has 2 aromatic rings. The number of benzene rings is 2. The highest BCUT2D eigenvalue weighted by molar-refractivity contribution is 6.39. The normalized spacial score (nSPS) is 15.5. The Morgan fingerprint density at radius 1 is 1.10 bits per heavy atom. The number of nitro benzene ring substituents is 1. The van der Waals surface area contributed by atoms with Crippen molar-refractivity contribution >= 4 is 35.3 Å². The predicted octanol–water partition coefficient (Wildman–Crippen LogP) is 2.89. The van der Waals surface area contributed by atoms with Gasteiger partial charge in [0.25, 0.3) is 11.8 Å². The van der Waals surface area contributed by atoms with Gasteiger partial charge in [-0.1, -0.05) is 23.8 Å². The molecule has 2 aromatic carbocycles. The number of aryl methyl sites for hydroxylation is 2. The molecule has 1 fully saturated rings. The van der Waals surface area contributed by atoms with Gasteiger partial charge in [-0.3, -0.25) is 25.0 Å². The van der Waals surface area contributed by atoms with Crippen molar-refractivity contribution in [3.8, 4) is 5.75 Å². The summed E-state index contributed by atoms with van der Waals surface area (Å²) in [5, 5.41) is 13.3. The first kappa shape index (κ1) is 19.7. The molecule has 0 spiro atoms. The number of nitrogens with one attached hydrogen (secondary N) is 1. The van der Waals surface area contributed by atoms with E-state index in [0.29, 0.717) is 11.3 Å². The number of nitro groups is 1. The van der Waals surface area contributed by atoms with E-state index in [1.807, 2.05) is 13.0 Å². The largest absolute Gasteiger partial charge is 0.490 e. The fourth-order valence-corrected chi connectivity index (χ4v) is 3.04. The van der Waals surface area contributed by atoms with E-state index in [1.54, 1.807) is 19.1 Å². The molecule has 0 bridgehead atoms. The average molecular weight is 395 g/mol. The lowest BCUT2D eigenvalue weighted by molar-refractivity contribution is -0.385. The molecule has 1 aliphatic rings. The molecule has 1 aliphatic heterocycles. The number of methoxy groups -OCH3 is 1. The number of imide groups is 2. The van der Waals surface area contributed by atoms with E-state index >= 15 is 0 Å². The summed E-state index contributed by atoms with van der Waals surface area (Å²) in [5.74, 6) is -1.65. The van der Waals surface area contributed by atoms with Crippen molar-refractivity contribution in [3.63, 3.8) is 0 Å². The topological polar surface area (TPSA) is 119 Å². The van der Waals surface area contributed by atoms with Gasteiger partial charge in [0.2, 0.25) is 0 Å². The van der Waals surface area contributed by atoms with Crippen LogP contribution in [0, 0.1) is 24.0 Å². The Hall–Kier alpha value is -4.01. The lowest BCUT2D eigenvalue weighted by Gasteiger charge is -2.27. The number of hydrogen-bond acceptors (Lipinski definition) is 6. The summed E-state index contributed by atoms with van der Waals surface area (Å²) in [6.45, 7) is 3.62. The summed E-state index contributed by atoms with van der Waals surface area (Å²) in [6, 6.07) is 8.33. The molecule has 9 nitrogen and oxygen atoms in total. The molecule has 4 amide bonds. The molecule has 0 aliphatic carbocycles. The zero-order valence-corrected chi connectivity index (χ0v) is 15.9. The van der Waals surface area contributed by atoms with Crippen LogP contribution in [0.5, 0.6) is 5.75 Å². The van der Waals surface area contributed by atoms with Crippen LogP contribution in [-0.4, -0.2) is 29.9 Å². The van der Waals surface area contributed by atoms with Crippen molar-refractivity contribution in [2.45, 2.75) is 13.8 Å². The Labute approximate surface area is 165 Å². The maximum absolute atomic E-state index is 12.9. The maximum Gasteiger partial charge on any atom is 0.335 e. The minimum Gasteiger partial charge on any atom is -0.490 e. The lowest BCUT2D eigenvalue weighted by Crippen LogP contribution is -2.54. The molecule has 29 heavy (non-hydrogen) atoms. The summed E-state index contributed by atoms with van der Waals surface area (Å²) < 4.78 is 4.94. The Morgan fingerprint density at radius 3 is 2.45 bits per heavy atom. The second-order valence-corrected chi connectivity index (χ2v) is 6.44. The fraction of sp³-hybridized carbons (Fsp3) is 0.150. The molecule has 1 saturated heterocycles. The van der Waals surface area contributed by atoms with Gasteiger partial charge in [-0.05, 0) is 43.2 Å². The number of rotatable bonds is 4. The van der Waals surface area contributed by atoms with E-state index in [9.17, 15) is 24.5 Å². The lowest BCUT2D eigenvalue weighted by atomic mass is 10.0. The number of hydrogen-bond donors (Lipinski definition) is 1. The van der Waals surface area contributed by atoms with E-state index in [0.717, 1.165) is 10.5 Å². The van der Waals surface area contributed by atoms with E-state index in [-0.39, 0.29) is 22.6 Å². The molecular weight excluding hydrogens is 378 g/mol. The molecule has 1 heterocycles. The third-order valence-electron chi connectivity index (χ3n) is 4.41. The number of nitrogens with zero attached hydrogens (tertiary/aromatic N) is 2. The van der Waals surface area contributed by atoms with Crippen molar-refractivity contribution in [3.05, 3.63) is 68.8 Å². The minimum atomic E-state index is -0.875. The van der Waals surface area contributed by atoms with Crippen molar-refractivity contribution in [2.75, 3.05) is 12.0 Å². The van der Waals surface area contributed by atoms with Gasteiger partial charge in [0.15, 0.2) is 5.75 Å². The van der Waals surface area contributed by atoms with E-state index in [4.69, 9.17) is 4.74 Å². The van der Waals surface area contributed by atoms with Gasteiger partial charge in [0.05, 0.1) is 17.7 Å². The summed E-state index contributed by atoms with van der Waals surface area (Å²) in [7, 11) is 1.30. The van der Waals surface area contributed by atoms with Crippen LogP contribution in [0.1, 0.15) is 16.7 Å². The third kappa shape index (κ3) is 3.70. The van der Waals surface area contributed by atoms with Crippen LogP contribution in [0.25, 0.3) is 6.08 Å². The summed E-state index contributed by atoms with van der Waals surface area (Å²) in [4.78, 5) is 49.0. The zero-order valence-electron chi connectivity index (χ0n) is 15.9. The Kier molecular flexibility index (Phi) is 5.14. The number of carbonyl (C=O) groups is 3. The second kappa shape index (κ2) is 7.55. The van der Waals surface area contributed by atoms with Gasteiger partial charge in [0.1, 0.15) is 5.57 Å². The van der Waals surface area contributed by atoms with Gasteiger partial charge in [-0.15, -0.1) is 0 Å². The van der Waals surface area contributed by atoms with E-state index < -0.39 is 22.8 Å². The summed E-state index contributed by atoms with van der Waals surface area (Å²) in [6.07, 6.45) is 1.20. The summed E-state index contributed by atoms with van der Waals surface area (Å²) in [5.41, 5.74) is 1.59. The quantitative estimate of drug-likeness (QED) is 0.368. The number of urea groups is 1. The van der Waals surface area contributed by atoms with Gasteiger partial charge >= 0.3 is 11.7 Å². The van der Waals surface area contributed by atoms with Crippen LogP contribution >= 0.6 is 0 Å². The van der Waals surface area contributed by atoms with Crippen LogP contribution in [0.2, 0.25) is 0 Å². The van der Waals surface area contributed by atoms with Gasteiger partial charge in [-0.2, -0.15) is 0 Å². The fourth-order valence-electron chi connectivity index (χ4n) is 3.04. The monoisotopic (exact) mass is 395 g/mol.